The van der Waals surface area contributed by atoms with Crippen molar-refractivity contribution in [1.29, 1.82) is 0 Å². The highest BCUT2D eigenvalue weighted by Gasteiger charge is 2.23. The number of hydrogen-bond acceptors (Lipinski definition) is 5. The monoisotopic (exact) mass is 301 g/mol. The molecule has 0 saturated heterocycles. The molecule has 0 aliphatic heterocycles. The third kappa shape index (κ3) is 3.84. The summed E-state index contributed by atoms with van der Waals surface area (Å²) in [5.41, 5.74) is 6.57. The Labute approximate surface area is 120 Å². The molecule has 0 amide bonds. The first-order valence-corrected chi connectivity index (χ1v) is 7.98. The highest BCUT2D eigenvalue weighted by molar-refractivity contribution is 7.89. The maximum Gasteiger partial charge on any atom is 0.240 e. The molecular weight excluding hydrogens is 278 g/mol. The van der Waals surface area contributed by atoms with Gasteiger partial charge in [-0.1, -0.05) is 6.92 Å². The number of nitrogens with two attached hydrogens (primary N) is 1. The van der Waals surface area contributed by atoms with E-state index in [-0.39, 0.29) is 17.0 Å². The van der Waals surface area contributed by atoms with E-state index in [1.165, 1.54) is 19.2 Å². The SMILES string of the molecule is CCC(C)(CCO)Nc1cc(S(=O)(=O)NC)ccc1N. The van der Waals surface area contributed by atoms with Gasteiger partial charge >= 0.3 is 0 Å². The van der Waals surface area contributed by atoms with E-state index in [0.717, 1.165) is 6.42 Å². The molecule has 0 bridgehead atoms. The Morgan fingerprint density at radius 3 is 2.55 bits per heavy atom. The maximum atomic E-state index is 11.8. The van der Waals surface area contributed by atoms with Gasteiger partial charge in [0.15, 0.2) is 0 Å². The lowest BCUT2D eigenvalue weighted by molar-refractivity contribution is 0.252. The van der Waals surface area contributed by atoms with Crippen LogP contribution in [-0.2, 0) is 10.0 Å². The summed E-state index contributed by atoms with van der Waals surface area (Å²) in [6, 6.07) is 4.52. The number of sulfonamides is 1. The van der Waals surface area contributed by atoms with Gasteiger partial charge in [0.1, 0.15) is 0 Å². The third-order valence-electron chi connectivity index (χ3n) is 3.48. The van der Waals surface area contributed by atoms with E-state index in [1.54, 1.807) is 6.07 Å². The van der Waals surface area contributed by atoms with Gasteiger partial charge in [-0.3, -0.25) is 0 Å². The molecule has 1 aromatic carbocycles. The van der Waals surface area contributed by atoms with Crippen LogP contribution in [0, 0.1) is 0 Å². The Bertz CT molecular complexity index is 560. The molecule has 1 aromatic rings. The Morgan fingerprint density at radius 1 is 1.40 bits per heavy atom. The molecule has 20 heavy (non-hydrogen) atoms. The molecule has 0 aliphatic rings. The Kier molecular flexibility index (Phi) is 5.38. The van der Waals surface area contributed by atoms with Crippen LogP contribution < -0.4 is 15.8 Å². The molecule has 0 spiro atoms. The van der Waals surface area contributed by atoms with E-state index < -0.39 is 10.0 Å². The normalized spacial score (nSPS) is 14.8. The molecule has 1 atom stereocenters. The number of aliphatic hydroxyl groups is 1. The first kappa shape index (κ1) is 16.7. The van der Waals surface area contributed by atoms with Gasteiger partial charge in [0.05, 0.1) is 16.3 Å². The summed E-state index contributed by atoms with van der Waals surface area (Å²) in [5.74, 6) is 0. The lowest BCUT2D eigenvalue weighted by atomic mass is 9.94. The molecule has 7 heteroatoms. The minimum absolute atomic E-state index is 0.0474. The maximum absolute atomic E-state index is 11.8. The van der Waals surface area contributed by atoms with Gasteiger partial charge in [0, 0.05) is 12.1 Å². The molecule has 114 valence electrons. The quantitative estimate of drug-likeness (QED) is 0.565. The summed E-state index contributed by atoms with van der Waals surface area (Å²) in [6.07, 6.45) is 1.32. The third-order valence-corrected chi connectivity index (χ3v) is 4.90. The van der Waals surface area contributed by atoms with Crippen molar-refractivity contribution in [2.24, 2.45) is 0 Å². The number of anilines is 2. The molecule has 5 N–H and O–H groups in total. The van der Waals surface area contributed by atoms with Gasteiger partial charge in [-0.05, 0) is 45.0 Å². The first-order chi connectivity index (χ1) is 9.28. The van der Waals surface area contributed by atoms with Crippen molar-refractivity contribution in [1.82, 2.24) is 4.72 Å². The van der Waals surface area contributed by atoms with Gasteiger partial charge in [0.25, 0.3) is 0 Å². The van der Waals surface area contributed by atoms with Crippen LogP contribution in [0.2, 0.25) is 0 Å². The average molecular weight is 301 g/mol. The highest BCUT2D eigenvalue weighted by atomic mass is 32.2. The summed E-state index contributed by atoms with van der Waals surface area (Å²) in [5, 5.41) is 12.4. The minimum atomic E-state index is -3.51. The summed E-state index contributed by atoms with van der Waals surface area (Å²) < 4.78 is 25.9. The van der Waals surface area contributed by atoms with Gasteiger partial charge in [-0.2, -0.15) is 0 Å². The van der Waals surface area contributed by atoms with Gasteiger partial charge in [0.2, 0.25) is 10.0 Å². The van der Waals surface area contributed by atoms with Crippen LogP contribution in [0.1, 0.15) is 26.7 Å². The van der Waals surface area contributed by atoms with Gasteiger partial charge in [-0.15, -0.1) is 0 Å². The fourth-order valence-corrected chi connectivity index (χ4v) is 2.58. The largest absolute Gasteiger partial charge is 0.397 e. The number of nitrogen functional groups attached to an aromatic ring is 1. The highest BCUT2D eigenvalue weighted by Crippen LogP contribution is 2.28. The van der Waals surface area contributed by atoms with Crippen LogP contribution in [0.15, 0.2) is 23.1 Å². The summed E-state index contributed by atoms with van der Waals surface area (Å²) in [6.45, 7) is 4.00. The molecule has 6 nitrogen and oxygen atoms in total. The topological polar surface area (TPSA) is 104 Å². The van der Waals surface area contributed by atoms with Crippen LogP contribution in [-0.4, -0.2) is 32.7 Å². The number of benzene rings is 1. The molecule has 1 rings (SSSR count). The smallest absolute Gasteiger partial charge is 0.240 e. The van der Waals surface area contributed by atoms with Gasteiger partial charge in [-0.25, -0.2) is 13.1 Å². The second-order valence-corrected chi connectivity index (χ2v) is 6.86. The summed E-state index contributed by atoms with van der Waals surface area (Å²) in [7, 11) is -2.15. The molecule has 0 aromatic heterocycles. The number of hydrogen-bond donors (Lipinski definition) is 4. The van der Waals surface area contributed by atoms with Gasteiger partial charge < -0.3 is 16.2 Å². The molecule has 1 unspecified atom stereocenters. The van der Waals surface area contributed by atoms with Crippen LogP contribution in [0.5, 0.6) is 0 Å². The summed E-state index contributed by atoms with van der Waals surface area (Å²) in [4.78, 5) is 0.152. The predicted molar refractivity (Wildman–Crippen MR) is 81.1 cm³/mol. The molecule has 0 radical (unpaired) electrons. The van der Waals surface area contributed by atoms with Crippen molar-refractivity contribution < 1.29 is 13.5 Å². The Balaban J connectivity index is 3.16. The van der Waals surface area contributed by atoms with E-state index >= 15 is 0 Å². The molecule has 0 fully saturated rings. The molecule has 0 aliphatic carbocycles. The molecular formula is C13H23N3O3S. The van der Waals surface area contributed by atoms with Crippen molar-refractivity contribution in [3.05, 3.63) is 18.2 Å². The first-order valence-electron chi connectivity index (χ1n) is 6.50. The number of aliphatic hydroxyl groups excluding tert-OH is 1. The Morgan fingerprint density at radius 2 is 2.05 bits per heavy atom. The zero-order valence-corrected chi connectivity index (χ0v) is 12.9. The fourth-order valence-electron chi connectivity index (χ4n) is 1.83. The van der Waals surface area contributed by atoms with Crippen LogP contribution >= 0.6 is 0 Å². The second kappa shape index (κ2) is 6.43. The van der Waals surface area contributed by atoms with Crippen LogP contribution in [0.3, 0.4) is 0 Å². The van der Waals surface area contributed by atoms with Crippen molar-refractivity contribution in [2.75, 3.05) is 24.7 Å². The number of nitrogens with one attached hydrogen (secondary N) is 2. The van der Waals surface area contributed by atoms with Crippen LogP contribution in [0.25, 0.3) is 0 Å². The molecule has 0 saturated carbocycles. The van der Waals surface area contributed by atoms with Crippen molar-refractivity contribution in [2.45, 2.75) is 37.1 Å². The predicted octanol–water partition coefficient (Wildman–Crippen LogP) is 1.14. The fraction of sp³-hybridized carbons (Fsp3) is 0.538. The summed E-state index contributed by atoms with van der Waals surface area (Å²) >= 11 is 0. The van der Waals surface area contributed by atoms with Crippen molar-refractivity contribution >= 4 is 21.4 Å². The average Bonchev–Trinajstić information content (AvgIpc) is 2.41. The van der Waals surface area contributed by atoms with Crippen LogP contribution in [0.4, 0.5) is 11.4 Å². The molecule has 0 heterocycles. The van der Waals surface area contributed by atoms with Crippen molar-refractivity contribution in [3.63, 3.8) is 0 Å². The lowest BCUT2D eigenvalue weighted by Gasteiger charge is -2.31. The van der Waals surface area contributed by atoms with Crippen molar-refractivity contribution in [3.8, 4) is 0 Å². The van der Waals surface area contributed by atoms with E-state index in [9.17, 15) is 8.42 Å². The van der Waals surface area contributed by atoms with E-state index in [4.69, 9.17) is 10.8 Å². The van der Waals surface area contributed by atoms with E-state index in [0.29, 0.717) is 17.8 Å². The van der Waals surface area contributed by atoms with E-state index in [2.05, 4.69) is 10.0 Å². The van der Waals surface area contributed by atoms with E-state index in [1.807, 2.05) is 13.8 Å². The lowest BCUT2D eigenvalue weighted by Crippen LogP contribution is -2.35. The second-order valence-electron chi connectivity index (χ2n) is 4.97. The zero-order chi connectivity index (χ0) is 15.4. The Hall–Kier alpha value is -1.31. The number of rotatable bonds is 7. The standard InChI is InChI=1S/C13H23N3O3S/c1-4-13(2,7-8-17)16-12-9-10(5-6-11(12)14)20(18,19)15-3/h5-6,9,15-17H,4,7-8,14H2,1-3H3. The zero-order valence-electron chi connectivity index (χ0n) is 12.1. The minimum Gasteiger partial charge on any atom is -0.397 e.